The van der Waals surface area contributed by atoms with Crippen molar-refractivity contribution in [2.24, 2.45) is 0 Å². The van der Waals surface area contributed by atoms with E-state index in [1.165, 1.54) is 0 Å². The van der Waals surface area contributed by atoms with Crippen LogP contribution in [-0.2, 0) is 17.8 Å². The Morgan fingerprint density at radius 1 is 1.21 bits per heavy atom. The van der Waals surface area contributed by atoms with Gasteiger partial charge in [-0.15, -0.1) is 11.3 Å². The van der Waals surface area contributed by atoms with Crippen LogP contribution in [0.1, 0.15) is 17.6 Å². The van der Waals surface area contributed by atoms with E-state index in [-0.39, 0.29) is 5.91 Å². The summed E-state index contributed by atoms with van der Waals surface area (Å²) in [5.74, 6) is 1.01. The molecule has 1 aliphatic rings. The van der Waals surface area contributed by atoms with Crippen molar-refractivity contribution >= 4 is 17.2 Å². The Hall–Kier alpha value is -1.92. The van der Waals surface area contributed by atoms with E-state index in [0.29, 0.717) is 13.0 Å². The first-order chi connectivity index (χ1) is 11.7. The smallest absolute Gasteiger partial charge is 0.228 e. The van der Waals surface area contributed by atoms with Crippen molar-refractivity contribution in [1.29, 1.82) is 0 Å². The number of piperazine rings is 1. The van der Waals surface area contributed by atoms with Crippen LogP contribution in [0.15, 0.2) is 35.7 Å². The number of rotatable bonds is 6. The van der Waals surface area contributed by atoms with Crippen molar-refractivity contribution in [3.8, 4) is 5.75 Å². The number of hydrogen-bond donors (Lipinski definition) is 0. The first kappa shape index (κ1) is 16.9. The normalized spacial score (nSPS) is 15.5. The van der Waals surface area contributed by atoms with Crippen LogP contribution in [0.2, 0.25) is 0 Å². The number of para-hydroxylation sites is 1. The lowest BCUT2D eigenvalue weighted by Crippen LogP contribution is -2.48. The standard InChI is InChI=1S/C18H23N3O2S/c1-2-20-8-10-21(11-9-20)18(22)12-15-14-24-17(19-15)13-23-16-6-4-3-5-7-16/h3-7,14H,2,8-13H2,1H3. The fraction of sp³-hybridized carbons (Fsp3) is 0.444. The molecule has 1 aromatic heterocycles. The van der Waals surface area contributed by atoms with E-state index in [4.69, 9.17) is 4.74 Å². The molecular formula is C18H23N3O2S. The molecule has 1 aliphatic heterocycles. The predicted molar refractivity (Wildman–Crippen MR) is 95.3 cm³/mol. The maximum Gasteiger partial charge on any atom is 0.228 e. The highest BCUT2D eigenvalue weighted by molar-refractivity contribution is 7.09. The van der Waals surface area contributed by atoms with Crippen molar-refractivity contribution in [3.63, 3.8) is 0 Å². The fourth-order valence-corrected chi connectivity index (χ4v) is 3.44. The summed E-state index contributed by atoms with van der Waals surface area (Å²) < 4.78 is 5.70. The average Bonchev–Trinajstić information content (AvgIpc) is 3.08. The fourth-order valence-electron chi connectivity index (χ4n) is 2.74. The van der Waals surface area contributed by atoms with Crippen LogP contribution in [0.25, 0.3) is 0 Å². The molecule has 0 unspecified atom stereocenters. The van der Waals surface area contributed by atoms with Gasteiger partial charge in [0, 0.05) is 31.6 Å². The Balaban J connectivity index is 1.48. The number of amides is 1. The number of hydrogen-bond acceptors (Lipinski definition) is 5. The van der Waals surface area contributed by atoms with Gasteiger partial charge in [0.05, 0.1) is 12.1 Å². The number of thiazole rings is 1. The van der Waals surface area contributed by atoms with Gasteiger partial charge in [0.15, 0.2) is 0 Å². The molecule has 1 saturated heterocycles. The van der Waals surface area contributed by atoms with Gasteiger partial charge in [0.25, 0.3) is 0 Å². The summed E-state index contributed by atoms with van der Waals surface area (Å²) in [5, 5.41) is 2.86. The summed E-state index contributed by atoms with van der Waals surface area (Å²) in [4.78, 5) is 21.2. The zero-order valence-corrected chi connectivity index (χ0v) is 14.8. The Labute approximate surface area is 146 Å². The molecule has 0 atom stereocenters. The summed E-state index contributed by atoms with van der Waals surface area (Å²) in [6.45, 7) is 7.23. The Morgan fingerprint density at radius 3 is 2.67 bits per heavy atom. The van der Waals surface area contributed by atoms with E-state index in [2.05, 4.69) is 16.8 Å². The van der Waals surface area contributed by atoms with Crippen LogP contribution < -0.4 is 4.74 Å². The number of likely N-dealkylation sites (N-methyl/N-ethyl adjacent to an activating group) is 1. The molecule has 0 saturated carbocycles. The van der Waals surface area contributed by atoms with Gasteiger partial charge in [-0.1, -0.05) is 25.1 Å². The van der Waals surface area contributed by atoms with Crippen molar-refractivity contribution in [3.05, 3.63) is 46.4 Å². The molecule has 6 heteroatoms. The van der Waals surface area contributed by atoms with Crippen LogP contribution in [-0.4, -0.2) is 53.4 Å². The highest BCUT2D eigenvalue weighted by Crippen LogP contribution is 2.16. The number of ether oxygens (including phenoxy) is 1. The average molecular weight is 345 g/mol. The van der Waals surface area contributed by atoms with Gasteiger partial charge < -0.3 is 14.5 Å². The van der Waals surface area contributed by atoms with Gasteiger partial charge in [-0.05, 0) is 18.7 Å². The second-order valence-electron chi connectivity index (χ2n) is 5.83. The van der Waals surface area contributed by atoms with Crippen molar-refractivity contribution in [2.45, 2.75) is 20.0 Å². The molecule has 3 rings (SSSR count). The Kier molecular flexibility index (Phi) is 5.82. The minimum Gasteiger partial charge on any atom is -0.486 e. The Bertz CT molecular complexity index is 651. The monoisotopic (exact) mass is 345 g/mol. The van der Waals surface area contributed by atoms with Gasteiger partial charge >= 0.3 is 0 Å². The van der Waals surface area contributed by atoms with E-state index in [1.54, 1.807) is 11.3 Å². The third-order valence-electron chi connectivity index (χ3n) is 4.21. The van der Waals surface area contributed by atoms with Gasteiger partial charge in [-0.25, -0.2) is 4.98 Å². The maximum absolute atomic E-state index is 12.4. The first-order valence-electron chi connectivity index (χ1n) is 8.36. The number of nitrogens with zero attached hydrogens (tertiary/aromatic N) is 3. The van der Waals surface area contributed by atoms with Gasteiger partial charge in [-0.2, -0.15) is 0 Å². The van der Waals surface area contributed by atoms with E-state index >= 15 is 0 Å². The molecule has 128 valence electrons. The van der Waals surface area contributed by atoms with Gasteiger partial charge in [-0.3, -0.25) is 4.79 Å². The van der Waals surface area contributed by atoms with Crippen LogP contribution in [0.4, 0.5) is 0 Å². The topological polar surface area (TPSA) is 45.7 Å². The molecule has 2 heterocycles. The Morgan fingerprint density at radius 2 is 1.96 bits per heavy atom. The van der Waals surface area contributed by atoms with Crippen molar-refractivity contribution in [2.75, 3.05) is 32.7 Å². The molecule has 0 bridgehead atoms. The summed E-state index contributed by atoms with van der Waals surface area (Å²) in [6.07, 6.45) is 0.383. The molecule has 0 aliphatic carbocycles. The van der Waals surface area contributed by atoms with E-state index in [9.17, 15) is 4.79 Å². The summed E-state index contributed by atoms with van der Waals surface area (Å²) in [5.41, 5.74) is 0.842. The lowest BCUT2D eigenvalue weighted by molar-refractivity contribution is -0.132. The largest absolute Gasteiger partial charge is 0.486 e. The first-order valence-corrected chi connectivity index (χ1v) is 9.24. The lowest BCUT2D eigenvalue weighted by atomic mass is 10.2. The van der Waals surface area contributed by atoms with E-state index < -0.39 is 0 Å². The third-order valence-corrected chi connectivity index (χ3v) is 5.08. The minimum atomic E-state index is 0.173. The van der Waals surface area contributed by atoms with Crippen molar-refractivity contribution < 1.29 is 9.53 Å². The van der Waals surface area contributed by atoms with Crippen LogP contribution in [0, 0.1) is 0 Å². The highest BCUT2D eigenvalue weighted by Gasteiger charge is 2.20. The van der Waals surface area contributed by atoms with Gasteiger partial charge in [0.2, 0.25) is 5.91 Å². The minimum absolute atomic E-state index is 0.173. The third kappa shape index (κ3) is 4.55. The molecule has 1 fully saturated rings. The van der Waals surface area contributed by atoms with Crippen LogP contribution in [0.5, 0.6) is 5.75 Å². The second kappa shape index (κ2) is 8.26. The molecule has 5 nitrogen and oxygen atoms in total. The summed E-state index contributed by atoms with van der Waals surface area (Å²) in [6, 6.07) is 9.70. The summed E-state index contributed by atoms with van der Waals surface area (Å²) in [7, 11) is 0. The highest BCUT2D eigenvalue weighted by atomic mass is 32.1. The molecule has 0 N–H and O–H groups in total. The number of aromatic nitrogens is 1. The molecule has 1 aromatic carbocycles. The number of carbonyl (C=O) groups excluding carboxylic acids is 1. The second-order valence-corrected chi connectivity index (χ2v) is 6.77. The number of benzene rings is 1. The SMILES string of the molecule is CCN1CCN(C(=O)Cc2csc(COc3ccccc3)n2)CC1. The molecule has 0 radical (unpaired) electrons. The van der Waals surface area contributed by atoms with Crippen LogP contribution in [0.3, 0.4) is 0 Å². The van der Waals surface area contributed by atoms with E-state index in [0.717, 1.165) is 49.2 Å². The predicted octanol–water partition coefficient (Wildman–Crippen LogP) is 2.43. The zero-order valence-electron chi connectivity index (χ0n) is 14.0. The quantitative estimate of drug-likeness (QED) is 0.807. The summed E-state index contributed by atoms with van der Waals surface area (Å²) >= 11 is 1.55. The van der Waals surface area contributed by atoms with Crippen molar-refractivity contribution in [1.82, 2.24) is 14.8 Å². The number of carbonyl (C=O) groups is 1. The molecule has 2 aromatic rings. The maximum atomic E-state index is 12.4. The van der Waals surface area contributed by atoms with Crippen LogP contribution >= 0.6 is 11.3 Å². The molecule has 24 heavy (non-hydrogen) atoms. The van der Waals surface area contributed by atoms with Gasteiger partial charge in [0.1, 0.15) is 17.4 Å². The molecule has 0 spiro atoms. The molecule has 1 amide bonds. The zero-order chi connectivity index (χ0) is 16.8. The van der Waals surface area contributed by atoms with E-state index in [1.807, 2.05) is 40.6 Å². The lowest BCUT2D eigenvalue weighted by Gasteiger charge is -2.34. The molecular weight excluding hydrogens is 322 g/mol.